The second-order valence-corrected chi connectivity index (χ2v) is 12.8. The van der Waals surface area contributed by atoms with Gasteiger partial charge in [0.15, 0.2) is 0 Å². The Kier molecular flexibility index (Phi) is 8.92. The number of carboxylic acids is 1. The average molecular weight is 638 g/mol. The summed E-state index contributed by atoms with van der Waals surface area (Å²) >= 11 is 3.74. The molecule has 0 heterocycles. The van der Waals surface area contributed by atoms with E-state index < -0.39 is 23.1 Å². The van der Waals surface area contributed by atoms with Crippen molar-refractivity contribution < 1.29 is 32.7 Å². The lowest BCUT2D eigenvalue weighted by Crippen LogP contribution is -2.53. The van der Waals surface area contributed by atoms with Gasteiger partial charge >= 0.3 is 12.1 Å². The average Bonchev–Trinajstić information content (AvgIpc) is 2.88. The molecular formula is C31H36BrF3N2O4. The number of oxime groups is 1. The molecule has 1 amide bonds. The summed E-state index contributed by atoms with van der Waals surface area (Å²) in [6.45, 7) is 8.48. The number of carboxylic acid groups (broad SMARTS) is 1. The first kappa shape index (κ1) is 31.1. The molecule has 2 aliphatic carbocycles. The third-order valence-corrected chi connectivity index (χ3v) is 9.52. The first-order chi connectivity index (χ1) is 19.2. The zero-order valence-corrected chi connectivity index (χ0v) is 25.3. The summed E-state index contributed by atoms with van der Waals surface area (Å²) < 4.78 is 39.2. The van der Waals surface area contributed by atoms with Gasteiger partial charge in [-0.2, -0.15) is 13.2 Å². The SMILES string of the molecule is CC(C)c1cc2c(cc1Br)[C@@]1(C)CCC[C@@](C)(C(=O)O)[C@@H]1C/C2=N\OCCNC(=O)Cc1ccc(C(F)(F)F)cc1. The number of benzene rings is 2. The van der Waals surface area contributed by atoms with E-state index in [0.717, 1.165) is 46.1 Å². The molecule has 4 rings (SSSR count). The van der Waals surface area contributed by atoms with Gasteiger partial charge in [-0.05, 0) is 84.4 Å². The van der Waals surface area contributed by atoms with Crippen molar-refractivity contribution in [2.75, 3.05) is 13.2 Å². The number of fused-ring (bicyclic) bond motifs is 3. The van der Waals surface area contributed by atoms with E-state index in [1.807, 2.05) is 6.92 Å². The number of carbonyl (C=O) groups is 2. The number of hydrogen-bond donors (Lipinski definition) is 2. The fraction of sp³-hybridized carbons (Fsp3) is 0.516. The molecule has 0 saturated heterocycles. The van der Waals surface area contributed by atoms with Crippen molar-refractivity contribution in [3.63, 3.8) is 0 Å². The second-order valence-electron chi connectivity index (χ2n) is 11.9. The summed E-state index contributed by atoms with van der Waals surface area (Å²) in [6.07, 6.45) is -1.70. The maximum absolute atomic E-state index is 12.8. The van der Waals surface area contributed by atoms with Gasteiger partial charge in [-0.1, -0.05) is 60.4 Å². The van der Waals surface area contributed by atoms with Crippen LogP contribution in [0.5, 0.6) is 0 Å². The monoisotopic (exact) mass is 636 g/mol. The third-order valence-electron chi connectivity index (χ3n) is 8.84. The molecule has 6 nitrogen and oxygen atoms in total. The Morgan fingerprint density at radius 1 is 1.17 bits per heavy atom. The highest BCUT2D eigenvalue weighted by molar-refractivity contribution is 9.10. The summed E-state index contributed by atoms with van der Waals surface area (Å²) in [5.74, 6) is -1.05. The molecule has 0 bridgehead atoms. The second kappa shape index (κ2) is 11.8. The van der Waals surface area contributed by atoms with Crippen LogP contribution >= 0.6 is 15.9 Å². The molecule has 1 saturated carbocycles. The Hall–Kier alpha value is -2.88. The number of alkyl halides is 3. The topological polar surface area (TPSA) is 88.0 Å². The predicted octanol–water partition coefficient (Wildman–Crippen LogP) is 7.22. The standard InChI is InChI=1S/C31H36BrF3N2O4/c1-18(2)21-15-22-23(16-24(21)32)29(3)10-5-11-30(4,28(39)40)26(29)17-25(22)37-41-13-12-36-27(38)14-19-6-8-20(9-7-19)31(33,34)35/h6-9,15-16,18,26H,5,10-14,17H2,1-4H3,(H,36,38)(H,39,40)/b37-25+/t26-,29-,30-/m1/s1. The summed E-state index contributed by atoms with van der Waals surface area (Å²) in [5, 5.41) is 17.4. The zero-order valence-electron chi connectivity index (χ0n) is 23.7. The van der Waals surface area contributed by atoms with Gasteiger partial charge in [0.25, 0.3) is 0 Å². The van der Waals surface area contributed by atoms with E-state index in [-0.39, 0.29) is 42.7 Å². The Labute approximate surface area is 246 Å². The molecule has 2 aromatic rings. The van der Waals surface area contributed by atoms with Crippen molar-refractivity contribution in [2.24, 2.45) is 16.5 Å². The van der Waals surface area contributed by atoms with E-state index in [1.54, 1.807) is 0 Å². The van der Waals surface area contributed by atoms with Crippen molar-refractivity contribution in [2.45, 2.75) is 77.3 Å². The quantitative estimate of drug-likeness (QED) is 0.236. The maximum Gasteiger partial charge on any atom is 0.416 e. The minimum absolute atomic E-state index is 0.0546. The molecule has 2 aromatic carbocycles. The molecule has 0 aromatic heterocycles. The van der Waals surface area contributed by atoms with Gasteiger partial charge in [0, 0.05) is 10.0 Å². The molecule has 222 valence electrons. The van der Waals surface area contributed by atoms with E-state index in [4.69, 9.17) is 4.84 Å². The molecule has 2 aliphatic rings. The predicted molar refractivity (Wildman–Crippen MR) is 154 cm³/mol. The maximum atomic E-state index is 12.8. The summed E-state index contributed by atoms with van der Waals surface area (Å²) in [4.78, 5) is 30.4. The van der Waals surface area contributed by atoms with Crippen LogP contribution in [0.15, 0.2) is 46.0 Å². The molecule has 0 aliphatic heterocycles. The van der Waals surface area contributed by atoms with E-state index in [1.165, 1.54) is 12.1 Å². The van der Waals surface area contributed by atoms with Crippen LogP contribution in [0.3, 0.4) is 0 Å². The smallest absolute Gasteiger partial charge is 0.416 e. The van der Waals surface area contributed by atoms with Crippen molar-refractivity contribution in [1.29, 1.82) is 0 Å². The van der Waals surface area contributed by atoms with Crippen molar-refractivity contribution in [3.05, 3.63) is 68.7 Å². The lowest BCUT2D eigenvalue weighted by molar-refractivity contribution is -0.156. The Balaban J connectivity index is 1.48. The van der Waals surface area contributed by atoms with E-state index >= 15 is 0 Å². The minimum atomic E-state index is -4.42. The Morgan fingerprint density at radius 2 is 1.85 bits per heavy atom. The molecule has 0 unspecified atom stereocenters. The summed E-state index contributed by atoms with van der Waals surface area (Å²) in [6, 6.07) is 8.76. The van der Waals surface area contributed by atoms with Crippen LogP contribution in [-0.4, -0.2) is 35.8 Å². The van der Waals surface area contributed by atoms with Crippen molar-refractivity contribution >= 4 is 33.5 Å². The van der Waals surface area contributed by atoms with Gasteiger partial charge in [0.1, 0.15) is 6.61 Å². The minimum Gasteiger partial charge on any atom is -0.481 e. The summed E-state index contributed by atoms with van der Waals surface area (Å²) in [5.41, 5.74) is 2.35. The molecule has 1 fully saturated rings. The molecule has 2 N–H and O–H groups in total. The number of carbonyl (C=O) groups excluding carboxylic acids is 1. The van der Waals surface area contributed by atoms with Gasteiger partial charge in [-0.15, -0.1) is 0 Å². The number of halogens is 4. The van der Waals surface area contributed by atoms with Crippen LogP contribution in [0.25, 0.3) is 0 Å². The number of nitrogens with one attached hydrogen (secondary N) is 1. The number of nitrogens with zero attached hydrogens (tertiary/aromatic N) is 1. The van der Waals surface area contributed by atoms with Crippen molar-refractivity contribution in [3.8, 4) is 0 Å². The molecule has 41 heavy (non-hydrogen) atoms. The highest BCUT2D eigenvalue weighted by Crippen LogP contribution is 2.58. The van der Waals surface area contributed by atoms with Crippen LogP contribution in [0, 0.1) is 11.3 Å². The van der Waals surface area contributed by atoms with Gasteiger partial charge in [0.2, 0.25) is 5.91 Å². The number of aliphatic carboxylic acids is 1. The molecular weight excluding hydrogens is 601 g/mol. The van der Waals surface area contributed by atoms with E-state index in [2.05, 4.69) is 59.3 Å². The highest BCUT2D eigenvalue weighted by atomic mass is 79.9. The lowest BCUT2D eigenvalue weighted by atomic mass is 9.49. The molecule has 0 spiro atoms. The summed E-state index contributed by atoms with van der Waals surface area (Å²) in [7, 11) is 0. The number of hydrogen-bond acceptors (Lipinski definition) is 4. The van der Waals surface area contributed by atoms with Gasteiger partial charge in [-0.25, -0.2) is 0 Å². The fourth-order valence-corrected chi connectivity index (χ4v) is 7.26. The largest absolute Gasteiger partial charge is 0.481 e. The third kappa shape index (κ3) is 6.32. The van der Waals surface area contributed by atoms with Gasteiger partial charge in [-0.3, -0.25) is 9.59 Å². The van der Waals surface area contributed by atoms with Gasteiger partial charge in [0.05, 0.1) is 29.7 Å². The highest BCUT2D eigenvalue weighted by Gasteiger charge is 2.56. The fourth-order valence-electron chi connectivity index (χ4n) is 6.46. The van der Waals surface area contributed by atoms with E-state index in [9.17, 15) is 27.9 Å². The van der Waals surface area contributed by atoms with Crippen LogP contribution < -0.4 is 5.32 Å². The zero-order chi connectivity index (χ0) is 30.2. The Bertz CT molecular complexity index is 1340. The van der Waals surface area contributed by atoms with Crippen LogP contribution in [-0.2, 0) is 32.4 Å². The van der Waals surface area contributed by atoms with Crippen LogP contribution in [0.4, 0.5) is 13.2 Å². The first-order valence-corrected chi connectivity index (χ1v) is 14.7. The first-order valence-electron chi connectivity index (χ1n) is 13.9. The number of rotatable bonds is 8. The normalized spacial score (nSPS) is 25.0. The number of amides is 1. The van der Waals surface area contributed by atoms with Gasteiger partial charge < -0.3 is 15.3 Å². The molecule has 0 radical (unpaired) electrons. The molecule has 3 atom stereocenters. The lowest BCUT2D eigenvalue weighted by Gasteiger charge is -2.53. The van der Waals surface area contributed by atoms with Crippen LogP contribution in [0.1, 0.15) is 87.1 Å². The molecule has 10 heteroatoms. The van der Waals surface area contributed by atoms with Crippen LogP contribution in [0.2, 0.25) is 0 Å². The Morgan fingerprint density at radius 3 is 2.46 bits per heavy atom. The van der Waals surface area contributed by atoms with E-state index in [0.29, 0.717) is 24.1 Å². The van der Waals surface area contributed by atoms with Crippen molar-refractivity contribution in [1.82, 2.24) is 5.32 Å².